The van der Waals surface area contributed by atoms with E-state index >= 15 is 0 Å². The van der Waals surface area contributed by atoms with Gasteiger partial charge in [-0.3, -0.25) is 4.79 Å². The second-order valence-electron chi connectivity index (χ2n) is 6.97. The van der Waals surface area contributed by atoms with Crippen molar-refractivity contribution in [1.82, 2.24) is 4.90 Å². The van der Waals surface area contributed by atoms with Gasteiger partial charge in [-0.05, 0) is 37.8 Å². The number of rotatable bonds is 4. The van der Waals surface area contributed by atoms with Crippen molar-refractivity contribution in [1.29, 1.82) is 0 Å². The second kappa shape index (κ2) is 7.30. The maximum atomic E-state index is 12.7. The van der Waals surface area contributed by atoms with E-state index in [1.165, 1.54) is 0 Å². The summed E-state index contributed by atoms with van der Waals surface area (Å²) in [5.41, 5.74) is -0.342. The Morgan fingerprint density at radius 1 is 1.20 bits per heavy atom. The molecule has 1 unspecified atom stereocenters. The van der Waals surface area contributed by atoms with E-state index in [4.69, 9.17) is 4.74 Å². The number of piperidine rings is 1. The molecule has 0 saturated carbocycles. The van der Waals surface area contributed by atoms with Gasteiger partial charge in [-0.15, -0.1) is 0 Å². The van der Waals surface area contributed by atoms with Crippen LogP contribution in [-0.2, 0) is 9.59 Å². The quantitative estimate of drug-likeness (QED) is 0.853. The molecule has 0 radical (unpaired) electrons. The maximum Gasteiger partial charge on any atom is 0.348 e. The van der Waals surface area contributed by atoms with Crippen molar-refractivity contribution in [2.75, 3.05) is 13.1 Å². The minimum atomic E-state index is -1.25. The summed E-state index contributed by atoms with van der Waals surface area (Å²) in [4.78, 5) is 26.4. The molecule has 1 amide bonds. The summed E-state index contributed by atoms with van der Waals surface area (Å²) < 4.78 is 5.96. The third kappa shape index (κ3) is 3.70. The minimum absolute atomic E-state index is 0.0413. The Bertz CT molecular complexity index is 674. The van der Waals surface area contributed by atoms with Crippen molar-refractivity contribution < 1.29 is 19.4 Å². The summed E-state index contributed by atoms with van der Waals surface area (Å²) in [5, 5.41) is 9.78. The molecular formula is C20H25NO4. The van der Waals surface area contributed by atoms with Gasteiger partial charge in [-0.2, -0.15) is 0 Å². The van der Waals surface area contributed by atoms with E-state index in [-0.39, 0.29) is 11.8 Å². The van der Waals surface area contributed by atoms with Gasteiger partial charge in [-0.25, -0.2) is 4.79 Å². The van der Waals surface area contributed by atoms with Crippen molar-refractivity contribution in [3.05, 3.63) is 42.0 Å². The molecular weight excluding hydrogens is 318 g/mol. The minimum Gasteiger partial charge on any atom is -0.478 e. The van der Waals surface area contributed by atoms with E-state index < -0.39 is 11.6 Å². The summed E-state index contributed by atoms with van der Waals surface area (Å²) >= 11 is 0. The number of nitrogens with zero attached hydrogens (tertiary/aromatic N) is 1. The number of amides is 1. The SMILES string of the molecule is Cc1ccccc1OC1(C(=O)O)CCN(C(=O)C2CC=CCC2)CC1. The van der Waals surface area contributed by atoms with Crippen LogP contribution >= 0.6 is 0 Å². The van der Waals surface area contributed by atoms with Gasteiger partial charge in [0.25, 0.3) is 0 Å². The number of benzene rings is 1. The lowest BCUT2D eigenvalue weighted by Gasteiger charge is -2.40. The number of carboxylic acids is 1. The number of carbonyl (C=O) groups excluding carboxylic acids is 1. The molecule has 1 N–H and O–H groups in total. The van der Waals surface area contributed by atoms with Crippen molar-refractivity contribution >= 4 is 11.9 Å². The van der Waals surface area contributed by atoms with Crippen molar-refractivity contribution in [3.63, 3.8) is 0 Å². The summed E-state index contributed by atoms with van der Waals surface area (Å²) in [5.74, 6) is -0.163. The lowest BCUT2D eigenvalue weighted by atomic mass is 9.88. The monoisotopic (exact) mass is 343 g/mol. The van der Waals surface area contributed by atoms with Crippen molar-refractivity contribution in [3.8, 4) is 5.75 Å². The average molecular weight is 343 g/mol. The highest BCUT2D eigenvalue weighted by Crippen LogP contribution is 2.32. The van der Waals surface area contributed by atoms with Gasteiger partial charge in [0, 0.05) is 31.8 Å². The molecule has 3 rings (SSSR count). The van der Waals surface area contributed by atoms with E-state index in [1.807, 2.05) is 30.0 Å². The second-order valence-corrected chi connectivity index (χ2v) is 6.97. The van der Waals surface area contributed by atoms with E-state index in [9.17, 15) is 14.7 Å². The predicted molar refractivity (Wildman–Crippen MR) is 94.5 cm³/mol. The number of allylic oxidation sites excluding steroid dienone is 2. The first kappa shape index (κ1) is 17.5. The molecule has 1 fully saturated rings. The number of hydrogen-bond acceptors (Lipinski definition) is 3. The number of carboxylic acid groups (broad SMARTS) is 1. The molecule has 0 spiro atoms. The molecule has 1 aromatic rings. The van der Waals surface area contributed by atoms with E-state index in [0.717, 1.165) is 24.8 Å². The van der Waals surface area contributed by atoms with Crippen LogP contribution in [0.25, 0.3) is 0 Å². The standard InChI is InChI=1S/C20H25NO4/c1-15-7-5-6-10-17(15)25-20(19(23)24)11-13-21(14-12-20)18(22)16-8-3-2-4-9-16/h2-3,5-7,10,16H,4,8-9,11-14H2,1H3,(H,23,24). The van der Waals surface area contributed by atoms with Crippen LogP contribution in [-0.4, -0.2) is 40.6 Å². The fourth-order valence-corrected chi connectivity index (χ4v) is 3.61. The Balaban J connectivity index is 1.68. The number of aliphatic carboxylic acids is 1. The molecule has 1 aliphatic heterocycles. The Hall–Kier alpha value is -2.30. The Labute approximate surface area is 148 Å². The zero-order chi connectivity index (χ0) is 17.9. The largest absolute Gasteiger partial charge is 0.478 e. The van der Waals surface area contributed by atoms with Crippen LogP contribution in [0, 0.1) is 12.8 Å². The van der Waals surface area contributed by atoms with Gasteiger partial charge in [-0.1, -0.05) is 30.4 Å². The third-order valence-electron chi connectivity index (χ3n) is 5.29. The summed E-state index contributed by atoms with van der Waals surface area (Å²) in [6, 6.07) is 7.44. The highest BCUT2D eigenvalue weighted by atomic mass is 16.5. The first-order valence-corrected chi connectivity index (χ1v) is 8.94. The van der Waals surface area contributed by atoms with E-state index in [0.29, 0.717) is 31.7 Å². The number of carbonyl (C=O) groups is 2. The fraction of sp³-hybridized carbons (Fsp3) is 0.500. The molecule has 5 nitrogen and oxygen atoms in total. The lowest BCUT2D eigenvalue weighted by Crippen LogP contribution is -2.55. The number of likely N-dealkylation sites (tertiary alicyclic amines) is 1. The Morgan fingerprint density at radius 2 is 1.92 bits per heavy atom. The van der Waals surface area contributed by atoms with Crippen LogP contribution < -0.4 is 4.74 Å². The molecule has 5 heteroatoms. The van der Waals surface area contributed by atoms with Crippen LogP contribution in [0.3, 0.4) is 0 Å². The maximum absolute atomic E-state index is 12.7. The van der Waals surface area contributed by atoms with Crippen molar-refractivity contribution in [2.24, 2.45) is 5.92 Å². The molecule has 1 aromatic carbocycles. The van der Waals surface area contributed by atoms with Crippen LogP contribution in [0.15, 0.2) is 36.4 Å². The highest BCUT2D eigenvalue weighted by Gasteiger charge is 2.45. The molecule has 1 aliphatic carbocycles. The average Bonchev–Trinajstić information content (AvgIpc) is 2.64. The first-order valence-electron chi connectivity index (χ1n) is 8.94. The van der Waals surface area contributed by atoms with Crippen LogP contribution in [0.1, 0.15) is 37.7 Å². The normalized spacial score (nSPS) is 22.4. The summed E-state index contributed by atoms with van der Waals surface area (Å²) in [6.45, 7) is 2.76. The molecule has 1 saturated heterocycles. The number of ether oxygens (including phenoxy) is 1. The first-order chi connectivity index (χ1) is 12.0. The smallest absolute Gasteiger partial charge is 0.348 e. The molecule has 0 aromatic heterocycles. The zero-order valence-electron chi connectivity index (χ0n) is 14.6. The van der Waals surface area contributed by atoms with Gasteiger partial charge >= 0.3 is 5.97 Å². The van der Waals surface area contributed by atoms with Gasteiger partial charge in [0.05, 0.1) is 0 Å². The van der Waals surface area contributed by atoms with Crippen LogP contribution in [0.2, 0.25) is 0 Å². The summed E-state index contributed by atoms with van der Waals surface area (Å²) in [7, 11) is 0. The third-order valence-corrected chi connectivity index (χ3v) is 5.29. The van der Waals surface area contributed by atoms with Gasteiger partial charge < -0.3 is 14.7 Å². The van der Waals surface area contributed by atoms with Gasteiger partial charge in [0.2, 0.25) is 11.5 Å². The zero-order valence-corrected chi connectivity index (χ0v) is 14.6. The number of para-hydroxylation sites is 1. The Morgan fingerprint density at radius 3 is 2.52 bits per heavy atom. The molecule has 134 valence electrons. The molecule has 1 atom stereocenters. The van der Waals surface area contributed by atoms with Crippen LogP contribution in [0.4, 0.5) is 0 Å². The predicted octanol–water partition coefficient (Wildman–Crippen LogP) is 3.18. The Kier molecular flexibility index (Phi) is 5.11. The fourth-order valence-electron chi connectivity index (χ4n) is 3.61. The molecule has 0 bridgehead atoms. The number of aryl methyl sites for hydroxylation is 1. The van der Waals surface area contributed by atoms with Crippen LogP contribution in [0.5, 0.6) is 5.75 Å². The summed E-state index contributed by atoms with van der Waals surface area (Å²) in [6.07, 6.45) is 7.43. The van der Waals surface area contributed by atoms with Gasteiger partial charge in [0.1, 0.15) is 5.75 Å². The van der Waals surface area contributed by atoms with Gasteiger partial charge in [0.15, 0.2) is 0 Å². The molecule has 1 heterocycles. The molecule has 2 aliphatic rings. The van der Waals surface area contributed by atoms with Crippen molar-refractivity contribution in [2.45, 2.75) is 44.6 Å². The lowest BCUT2D eigenvalue weighted by molar-refractivity contribution is -0.162. The number of hydrogen-bond donors (Lipinski definition) is 1. The van der Waals surface area contributed by atoms with E-state index in [2.05, 4.69) is 12.2 Å². The topological polar surface area (TPSA) is 66.8 Å². The van der Waals surface area contributed by atoms with E-state index in [1.54, 1.807) is 6.07 Å². The highest BCUT2D eigenvalue weighted by molar-refractivity contribution is 5.81. The molecule has 25 heavy (non-hydrogen) atoms.